The summed E-state index contributed by atoms with van der Waals surface area (Å²) in [6.07, 6.45) is 1.57. The maximum atomic E-state index is 11.6. The molecule has 0 bridgehead atoms. The second-order valence-corrected chi connectivity index (χ2v) is 4.35. The Balaban J connectivity index is 2.30. The van der Waals surface area contributed by atoms with Crippen LogP contribution >= 0.6 is 0 Å². The topological polar surface area (TPSA) is 84.7 Å². The number of nitrogens with zero attached hydrogens (tertiary/aromatic N) is 1. The minimum absolute atomic E-state index is 0.0888. The molecule has 17 heavy (non-hydrogen) atoms. The molecule has 6 nitrogen and oxygen atoms in total. The standard InChI is InChI=1S/C11H21N3O3/c1-8(15)14-5-3-9(4-6-14)13-11(16)10(12)7-17-2/h9-10H,3-7,12H2,1-2H3,(H,13,16). The number of hydrogen-bond donors (Lipinski definition) is 2. The molecule has 6 heteroatoms. The van der Waals surface area contributed by atoms with Crippen molar-refractivity contribution < 1.29 is 14.3 Å². The van der Waals surface area contributed by atoms with Crippen molar-refractivity contribution in [1.29, 1.82) is 0 Å². The quantitative estimate of drug-likeness (QED) is 0.669. The minimum atomic E-state index is -0.620. The summed E-state index contributed by atoms with van der Waals surface area (Å²) >= 11 is 0. The lowest BCUT2D eigenvalue weighted by atomic mass is 10.0. The molecule has 0 radical (unpaired) electrons. The Morgan fingerprint density at radius 3 is 2.53 bits per heavy atom. The summed E-state index contributed by atoms with van der Waals surface area (Å²) in [7, 11) is 1.51. The van der Waals surface area contributed by atoms with E-state index in [0.29, 0.717) is 13.1 Å². The van der Waals surface area contributed by atoms with Crippen molar-refractivity contribution in [1.82, 2.24) is 10.2 Å². The smallest absolute Gasteiger partial charge is 0.239 e. The van der Waals surface area contributed by atoms with Gasteiger partial charge in [0.25, 0.3) is 0 Å². The Labute approximate surface area is 101 Å². The Hall–Kier alpha value is -1.14. The minimum Gasteiger partial charge on any atom is -0.383 e. The van der Waals surface area contributed by atoms with Crippen molar-refractivity contribution in [2.24, 2.45) is 5.73 Å². The number of carbonyl (C=O) groups is 2. The number of ether oxygens (including phenoxy) is 1. The van der Waals surface area contributed by atoms with Crippen LogP contribution in [-0.4, -0.2) is 55.6 Å². The van der Waals surface area contributed by atoms with E-state index in [2.05, 4.69) is 5.32 Å². The van der Waals surface area contributed by atoms with Crippen LogP contribution in [-0.2, 0) is 14.3 Å². The third-order valence-corrected chi connectivity index (χ3v) is 2.97. The van der Waals surface area contributed by atoms with E-state index in [1.165, 1.54) is 7.11 Å². The zero-order valence-electron chi connectivity index (χ0n) is 10.4. The zero-order valence-corrected chi connectivity index (χ0v) is 10.4. The molecule has 1 rings (SSSR count). The van der Waals surface area contributed by atoms with E-state index in [1.54, 1.807) is 11.8 Å². The second kappa shape index (κ2) is 6.56. The number of carbonyl (C=O) groups excluding carboxylic acids is 2. The summed E-state index contributed by atoms with van der Waals surface area (Å²) < 4.78 is 4.82. The molecule has 3 N–H and O–H groups in total. The van der Waals surface area contributed by atoms with Crippen LogP contribution in [0, 0.1) is 0 Å². The summed E-state index contributed by atoms with van der Waals surface area (Å²) in [5.41, 5.74) is 5.62. The van der Waals surface area contributed by atoms with Crippen LogP contribution in [0.4, 0.5) is 0 Å². The molecule has 1 fully saturated rings. The average Bonchev–Trinajstić information content (AvgIpc) is 2.30. The maximum Gasteiger partial charge on any atom is 0.239 e. The van der Waals surface area contributed by atoms with Gasteiger partial charge in [0.05, 0.1) is 6.61 Å². The fourth-order valence-electron chi connectivity index (χ4n) is 1.90. The van der Waals surface area contributed by atoms with E-state index in [0.717, 1.165) is 12.8 Å². The summed E-state index contributed by atoms with van der Waals surface area (Å²) in [6.45, 7) is 3.17. The van der Waals surface area contributed by atoms with Crippen LogP contribution in [0.15, 0.2) is 0 Å². The second-order valence-electron chi connectivity index (χ2n) is 4.35. The Kier molecular flexibility index (Phi) is 5.37. The fraction of sp³-hybridized carbons (Fsp3) is 0.818. The number of hydrogen-bond acceptors (Lipinski definition) is 4. The lowest BCUT2D eigenvalue weighted by Gasteiger charge is -2.32. The van der Waals surface area contributed by atoms with Crippen molar-refractivity contribution in [2.75, 3.05) is 26.8 Å². The van der Waals surface area contributed by atoms with E-state index >= 15 is 0 Å². The first-order valence-electron chi connectivity index (χ1n) is 5.85. The van der Waals surface area contributed by atoms with Crippen LogP contribution < -0.4 is 11.1 Å². The molecular weight excluding hydrogens is 222 g/mol. The van der Waals surface area contributed by atoms with Crippen LogP contribution in [0.2, 0.25) is 0 Å². The summed E-state index contributed by atoms with van der Waals surface area (Å²) in [5, 5.41) is 2.88. The van der Waals surface area contributed by atoms with E-state index in [-0.39, 0.29) is 24.5 Å². The molecular formula is C11H21N3O3. The van der Waals surface area contributed by atoms with Gasteiger partial charge >= 0.3 is 0 Å². The number of likely N-dealkylation sites (tertiary alicyclic amines) is 1. The highest BCUT2D eigenvalue weighted by Gasteiger charge is 2.23. The first-order chi connectivity index (χ1) is 8.04. The van der Waals surface area contributed by atoms with E-state index in [9.17, 15) is 9.59 Å². The first kappa shape index (κ1) is 13.9. The number of nitrogens with two attached hydrogens (primary N) is 1. The Bertz CT molecular complexity index is 275. The summed E-state index contributed by atoms with van der Waals surface area (Å²) in [5.74, 6) is -0.0982. The van der Waals surface area contributed by atoms with E-state index in [1.807, 2.05) is 0 Å². The number of methoxy groups -OCH3 is 1. The summed E-state index contributed by atoms with van der Waals surface area (Å²) in [6, 6.07) is -0.508. The van der Waals surface area contributed by atoms with Crippen molar-refractivity contribution in [3.63, 3.8) is 0 Å². The molecule has 0 aromatic carbocycles. The van der Waals surface area contributed by atoms with Crippen molar-refractivity contribution >= 4 is 11.8 Å². The van der Waals surface area contributed by atoms with Gasteiger partial charge in [-0.1, -0.05) is 0 Å². The third kappa shape index (κ3) is 4.32. The van der Waals surface area contributed by atoms with Gasteiger partial charge in [0, 0.05) is 33.2 Å². The highest BCUT2D eigenvalue weighted by molar-refractivity contribution is 5.82. The lowest BCUT2D eigenvalue weighted by molar-refractivity contribution is -0.130. The highest BCUT2D eigenvalue weighted by atomic mass is 16.5. The molecule has 98 valence electrons. The van der Waals surface area contributed by atoms with Gasteiger partial charge in [0.15, 0.2) is 0 Å². The van der Waals surface area contributed by atoms with Gasteiger partial charge in [-0.2, -0.15) is 0 Å². The molecule has 0 aromatic rings. The van der Waals surface area contributed by atoms with Crippen LogP contribution in [0.25, 0.3) is 0 Å². The van der Waals surface area contributed by atoms with Gasteiger partial charge in [-0.05, 0) is 12.8 Å². The predicted molar refractivity (Wildman–Crippen MR) is 63.3 cm³/mol. The fourth-order valence-corrected chi connectivity index (χ4v) is 1.90. The van der Waals surface area contributed by atoms with E-state index < -0.39 is 6.04 Å². The van der Waals surface area contributed by atoms with Gasteiger partial charge in [-0.25, -0.2) is 0 Å². The molecule has 1 unspecified atom stereocenters. The number of rotatable bonds is 4. The molecule has 1 saturated heterocycles. The maximum absolute atomic E-state index is 11.6. The molecule has 2 amide bonds. The molecule has 0 spiro atoms. The molecule has 1 heterocycles. The molecule has 0 aromatic heterocycles. The predicted octanol–water partition coefficient (Wildman–Crippen LogP) is -0.913. The van der Waals surface area contributed by atoms with Crippen LogP contribution in [0.3, 0.4) is 0 Å². The van der Waals surface area contributed by atoms with Crippen molar-refractivity contribution in [3.8, 4) is 0 Å². The Morgan fingerprint density at radius 1 is 1.47 bits per heavy atom. The molecule has 1 atom stereocenters. The SMILES string of the molecule is COCC(N)C(=O)NC1CCN(C(C)=O)CC1. The van der Waals surface area contributed by atoms with Gasteiger partial charge in [0.1, 0.15) is 6.04 Å². The molecule has 0 saturated carbocycles. The Morgan fingerprint density at radius 2 is 2.06 bits per heavy atom. The zero-order chi connectivity index (χ0) is 12.8. The van der Waals surface area contributed by atoms with Gasteiger partial charge in [-0.15, -0.1) is 0 Å². The highest BCUT2D eigenvalue weighted by Crippen LogP contribution is 2.10. The normalized spacial score (nSPS) is 18.9. The van der Waals surface area contributed by atoms with Gasteiger partial charge in [0.2, 0.25) is 11.8 Å². The van der Waals surface area contributed by atoms with E-state index in [4.69, 9.17) is 10.5 Å². The van der Waals surface area contributed by atoms with Crippen LogP contribution in [0.5, 0.6) is 0 Å². The molecule has 0 aliphatic carbocycles. The number of piperidine rings is 1. The first-order valence-corrected chi connectivity index (χ1v) is 5.85. The van der Waals surface area contributed by atoms with Crippen LogP contribution in [0.1, 0.15) is 19.8 Å². The van der Waals surface area contributed by atoms with Crippen molar-refractivity contribution in [3.05, 3.63) is 0 Å². The monoisotopic (exact) mass is 243 g/mol. The number of amides is 2. The third-order valence-electron chi connectivity index (χ3n) is 2.97. The molecule has 1 aliphatic heterocycles. The summed E-state index contributed by atoms with van der Waals surface area (Å²) in [4.78, 5) is 24.5. The largest absolute Gasteiger partial charge is 0.383 e. The van der Waals surface area contributed by atoms with Gasteiger partial charge in [-0.3, -0.25) is 9.59 Å². The van der Waals surface area contributed by atoms with Gasteiger partial charge < -0.3 is 20.7 Å². The lowest BCUT2D eigenvalue weighted by Crippen LogP contribution is -2.51. The molecule has 1 aliphatic rings. The van der Waals surface area contributed by atoms with Crippen molar-refractivity contribution in [2.45, 2.75) is 31.8 Å². The number of nitrogens with one attached hydrogen (secondary N) is 1. The average molecular weight is 243 g/mol.